The number of aryl methyl sites for hydroxylation is 1. The van der Waals surface area contributed by atoms with E-state index < -0.39 is 32.7 Å². The number of methoxy groups -OCH3 is 2. The Morgan fingerprint density at radius 2 is 1.83 bits per heavy atom. The molecule has 11 nitrogen and oxygen atoms in total. The number of rotatable bonds is 10. The Hall–Kier alpha value is -4.33. The van der Waals surface area contributed by atoms with E-state index >= 15 is 8.78 Å². The third-order valence-electron chi connectivity index (χ3n) is 7.29. The van der Waals surface area contributed by atoms with E-state index in [-0.39, 0.29) is 24.0 Å². The van der Waals surface area contributed by atoms with Gasteiger partial charge in [0, 0.05) is 49.0 Å². The van der Waals surface area contributed by atoms with Gasteiger partial charge in [-0.15, -0.1) is 5.10 Å². The maximum Gasteiger partial charge on any atom is 0.268 e. The van der Waals surface area contributed by atoms with Gasteiger partial charge in [0.1, 0.15) is 40.5 Å². The van der Waals surface area contributed by atoms with Crippen LogP contribution >= 0.6 is 0 Å². The van der Waals surface area contributed by atoms with Gasteiger partial charge in [0.2, 0.25) is 0 Å². The molecule has 4 aromatic rings. The summed E-state index contributed by atoms with van der Waals surface area (Å²) in [5.41, 5.74) is 1.27. The predicted octanol–water partition coefficient (Wildman–Crippen LogP) is 4.40. The largest absolute Gasteiger partial charge is 0.497 e. The van der Waals surface area contributed by atoms with E-state index in [4.69, 9.17) is 14.2 Å². The summed E-state index contributed by atoms with van der Waals surface area (Å²) in [7, 11) is -0.00403. The van der Waals surface area contributed by atoms with Crippen molar-refractivity contribution < 1.29 is 31.4 Å². The van der Waals surface area contributed by atoms with E-state index in [1.807, 2.05) is 0 Å². The molecule has 2 unspecified atom stereocenters. The fourth-order valence-electron chi connectivity index (χ4n) is 5.15. The Kier molecular flexibility index (Phi) is 8.52. The van der Waals surface area contributed by atoms with Gasteiger partial charge in [-0.1, -0.05) is 11.6 Å². The fraction of sp³-hybridized carbons (Fsp3) is 0.357. The van der Waals surface area contributed by atoms with Gasteiger partial charge >= 0.3 is 0 Å². The highest BCUT2D eigenvalue weighted by Crippen LogP contribution is 2.37. The number of hydrogen-bond acceptors (Lipinski definition) is 9. The number of sulfonamides is 1. The van der Waals surface area contributed by atoms with Crippen LogP contribution in [0.25, 0.3) is 0 Å². The molecule has 2 aromatic heterocycles. The maximum atomic E-state index is 15.6. The van der Waals surface area contributed by atoms with Gasteiger partial charge < -0.3 is 14.2 Å². The zero-order chi connectivity index (χ0) is 29.9. The van der Waals surface area contributed by atoms with Crippen molar-refractivity contribution in [3.63, 3.8) is 0 Å². The van der Waals surface area contributed by atoms with Crippen molar-refractivity contribution in [2.75, 3.05) is 18.5 Å². The standard InChI is InChI=1S/C28H30F2N6O5S/c1-35-23(15-33-34-35)20-6-4-5-7-24(20)41-26-13-22(30)27(14-21(26)29)42(37,38)36(28-10-11-31-17-32-28)16-18-8-9-19(39-2)12-25(18)40-3/h8-15,17,20,24H,4-7,16H2,1-3H3. The van der Waals surface area contributed by atoms with Crippen LogP contribution in [0.2, 0.25) is 0 Å². The smallest absolute Gasteiger partial charge is 0.268 e. The zero-order valence-corrected chi connectivity index (χ0v) is 24.1. The third kappa shape index (κ3) is 5.84. The normalized spacial score (nSPS) is 17.1. The number of nitrogens with zero attached hydrogens (tertiary/aromatic N) is 6. The van der Waals surface area contributed by atoms with Crippen LogP contribution in [0.5, 0.6) is 17.2 Å². The molecule has 1 aliphatic carbocycles. The lowest BCUT2D eigenvalue weighted by atomic mass is 9.84. The molecular weight excluding hydrogens is 570 g/mol. The zero-order valence-electron chi connectivity index (χ0n) is 23.3. The van der Waals surface area contributed by atoms with Crippen LogP contribution in [-0.4, -0.2) is 53.7 Å². The van der Waals surface area contributed by atoms with E-state index in [2.05, 4.69) is 20.3 Å². The van der Waals surface area contributed by atoms with Gasteiger partial charge in [-0.3, -0.25) is 4.68 Å². The van der Waals surface area contributed by atoms with E-state index in [0.29, 0.717) is 29.5 Å². The van der Waals surface area contributed by atoms with Crippen LogP contribution in [0.3, 0.4) is 0 Å². The van der Waals surface area contributed by atoms with Crippen LogP contribution in [0.1, 0.15) is 42.9 Å². The summed E-state index contributed by atoms with van der Waals surface area (Å²) in [5.74, 6) is -1.88. The second kappa shape index (κ2) is 12.3. The van der Waals surface area contributed by atoms with Crippen molar-refractivity contribution in [1.82, 2.24) is 25.0 Å². The van der Waals surface area contributed by atoms with Crippen molar-refractivity contribution >= 4 is 15.8 Å². The third-order valence-corrected chi connectivity index (χ3v) is 9.06. The van der Waals surface area contributed by atoms with Crippen molar-refractivity contribution in [3.8, 4) is 17.2 Å². The molecule has 2 heterocycles. The lowest BCUT2D eigenvalue weighted by Gasteiger charge is -2.32. The molecule has 1 fully saturated rings. The molecule has 0 aliphatic heterocycles. The highest BCUT2D eigenvalue weighted by molar-refractivity contribution is 7.92. The van der Waals surface area contributed by atoms with Gasteiger partial charge in [0.15, 0.2) is 11.6 Å². The first-order valence-electron chi connectivity index (χ1n) is 13.2. The Labute approximate surface area is 242 Å². The minimum atomic E-state index is -4.68. The van der Waals surface area contributed by atoms with E-state index in [1.165, 1.54) is 26.5 Å². The van der Waals surface area contributed by atoms with E-state index in [1.54, 1.807) is 36.1 Å². The number of halogens is 2. The Morgan fingerprint density at radius 1 is 1.02 bits per heavy atom. The SMILES string of the molecule is COc1ccc(CN(c2ccncn2)S(=O)(=O)c2cc(F)c(OC3CCCCC3c3cnnn3C)cc2F)c(OC)c1. The Bertz CT molecular complexity index is 1650. The molecule has 1 aliphatic rings. The topological polar surface area (TPSA) is 122 Å². The van der Waals surface area contributed by atoms with Gasteiger partial charge in [0.25, 0.3) is 10.0 Å². The molecule has 0 bridgehead atoms. The van der Waals surface area contributed by atoms with Gasteiger partial charge in [-0.05, 0) is 31.4 Å². The van der Waals surface area contributed by atoms with Crippen LogP contribution in [0.15, 0.2) is 60.0 Å². The van der Waals surface area contributed by atoms with Crippen LogP contribution in [-0.2, 0) is 23.6 Å². The summed E-state index contributed by atoms with van der Waals surface area (Å²) >= 11 is 0. The minimum absolute atomic E-state index is 0.0437. The Balaban J connectivity index is 1.49. The monoisotopic (exact) mass is 600 g/mol. The van der Waals surface area contributed by atoms with Gasteiger partial charge in [-0.2, -0.15) is 0 Å². The summed E-state index contributed by atoms with van der Waals surface area (Å²) in [6.07, 6.45) is 6.86. The van der Waals surface area contributed by atoms with Crippen molar-refractivity contribution in [1.29, 1.82) is 0 Å². The van der Waals surface area contributed by atoms with E-state index in [9.17, 15) is 8.42 Å². The van der Waals surface area contributed by atoms with Crippen LogP contribution in [0.4, 0.5) is 14.6 Å². The fourth-order valence-corrected chi connectivity index (χ4v) is 6.61. The van der Waals surface area contributed by atoms with Gasteiger partial charge in [0.05, 0.1) is 32.7 Å². The molecule has 0 amide bonds. The predicted molar refractivity (Wildman–Crippen MR) is 148 cm³/mol. The lowest BCUT2D eigenvalue weighted by Crippen LogP contribution is -2.32. The van der Waals surface area contributed by atoms with Crippen LogP contribution in [0, 0.1) is 11.6 Å². The maximum absolute atomic E-state index is 15.6. The summed E-state index contributed by atoms with van der Waals surface area (Å²) in [4.78, 5) is 7.03. The number of aromatic nitrogens is 5. The number of ether oxygens (including phenoxy) is 3. The molecule has 0 spiro atoms. The quantitative estimate of drug-likeness (QED) is 0.261. The van der Waals surface area contributed by atoms with Gasteiger partial charge in [-0.25, -0.2) is 31.5 Å². The second-order valence-corrected chi connectivity index (χ2v) is 11.6. The molecule has 2 aromatic carbocycles. The summed E-state index contributed by atoms with van der Waals surface area (Å²) in [6.45, 7) is -0.297. The lowest BCUT2D eigenvalue weighted by molar-refractivity contribution is 0.120. The molecule has 14 heteroatoms. The van der Waals surface area contributed by atoms with Crippen molar-refractivity contribution in [2.24, 2.45) is 7.05 Å². The first kappa shape index (κ1) is 29.2. The number of anilines is 1. The molecule has 5 rings (SSSR count). The molecule has 1 saturated carbocycles. The summed E-state index contributed by atoms with van der Waals surface area (Å²) < 4.78 is 78.1. The van der Waals surface area contributed by atoms with Crippen molar-refractivity contribution in [2.45, 2.75) is 49.1 Å². The van der Waals surface area contributed by atoms with Crippen molar-refractivity contribution in [3.05, 3.63) is 78.0 Å². The summed E-state index contributed by atoms with van der Waals surface area (Å²) in [6, 6.07) is 7.62. The van der Waals surface area contributed by atoms with E-state index in [0.717, 1.165) is 41.7 Å². The average molecular weight is 601 g/mol. The molecule has 0 saturated heterocycles. The number of benzene rings is 2. The molecule has 0 radical (unpaired) electrons. The first-order chi connectivity index (χ1) is 20.2. The molecule has 2 atom stereocenters. The minimum Gasteiger partial charge on any atom is -0.497 e. The van der Waals surface area contributed by atoms with Crippen LogP contribution < -0.4 is 18.5 Å². The average Bonchev–Trinajstić information content (AvgIpc) is 3.43. The highest BCUT2D eigenvalue weighted by Gasteiger charge is 2.34. The summed E-state index contributed by atoms with van der Waals surface area (Å²) in [5, 5.41) is 7.91. The number of hydrogen-bond donors (Lipinski definition) is 0. The molecule has 222 valence electrons. The first-order valence-corrected chi connectivity index (χ1v) is 14.7. The molecular formula is C28H30F2N6O5S. The Morgan fingerprint density at radius 3 is 2.52 bits per heavy atom. The highest BCUT2D eigenvalue weighted by atomic mass is 32.2. The second-order valence-electron chi connectivity index (χ2n) is 9.80. The molecule has 0 N–H and O–H groups in total. The molecule has 42 heavy (non-hydrogen) atoms.